The molecule has 2 fully saturated rings. The topological polar surface area (TPSA) is 103 Å². The van der Waals surface area contributed by atoms with Crippen LogP contribution in [0.3, 0.4) is 0 Å². The predicted molar refractivity (Wildman–Crippen MR) is 175 cm³/mol. The zero-order valence-electron chi connectivity index (χ0n) is 23.9. The second-order valence-electron chi connectivity index (χ2n) is 11.3. The lowest BCUT2D eigenvalue weighted by Gasteiger charge is -2.38. The lowest BCUT2D eigenvalue weighted by Crippen LogP contribution is -2.55. The number of carbonyl (C=O) groups is 3. The fourth-order valence-corrected chi connectivity index (χ4v) is 6.92. The number of hydrogen-bond donors (Lipinski definition) is 3. The normalized spacial score (nSPS) is 21.4. The average molecular weight is 701 g/mol. The Morgan fingerprint density at radius 1 is 1.00 bits per heavy atom. The summed E-state index contributed by atoms with van der Waals surface area (Å²) in [4.78, 5) is 44.4. The molecule has 3 heterocycles. The molecule has 0 spiro atoms. The number of piperidine rings is 1. The molecule has 0 saturated carbocycles. The van der Waals surface area contributed by atoms with Crippen LogP contribution in [-0.4, -0.2) is 73.1 Å². The van der Waals surface area contributed by atoms with E-state index in [2.05, 4.69) is 31.9 Å². The van der Waals surface area contributed by atoms with Gasteiger partial charge in [0.25, 0.3) is 11.8 Å². The number of ether oxygens (including phenoxy) is 1. The molecule has 0 bridgehead atoms. The van der Waals surface area contributed by atoms with Crippen LogP contribution in [0.15, 0.2) is 65.1 Å². The van der Waals surface area contributed by atoms with E-state index in [-0.39, 0.29) is 30.3 Å². The first-order valence-corrected chi connectivity index (χ1v) is 16.1. The third-order valence-electron chi connectivity index (χ3n) is 8.32. The van der Waals surface area contributed by atoms with Crippen molar-refractivity contribution in [2.45, 2.75) is 30.8 Å². The molecule has 230 valence electrons. The van der Waals surface area contributed by atoms with Gasteiger partial charge in [0, 0.05) is 70.1 Å². The molecule has 0 aromatic heterocycles. The van der Waals surface area contributed by atoms with Gasteiger partial charge in [-0.1, -0.05) is 57.3 Å². The number of nitrogens with one attached hydrogen (secondary N) is 3. The molecule has 3 aromatic rings. The van der Waals surface area contributed by atoms with Gasteiger partial charge in [-0.05, 0) is 60.9 Å². The van der Waals surface area contributed by atoms with Crippen LogP contribution in [0.2, 0.25) is 10.0 Å². The van der Waals surface area contributed by atoms with Crippen molar-refractivity contribution in [1.82, 2.24) is 15.1 Å². The molecule has 3 aliphatic heterocycles. The summed E-state index contributed by atoms with van der Waals surface area (Å²) in [5.74, 6) is -0.566. The van der Waals surface area contributed by atoms with Crippen molar-refractivity contribution in [3.8, 4) is 0 Å². The maximum absolute atomic E-state index is 13.9. The van der Waals surface area contributed by atoms with E-state index in [0.717, 1.165) is 22.9 Å². The van der Waals surface area contributed by atoms with Crippen LogP contribution in [0, 0.1) is 0 Å². The summed E-state index contributed by atoms with van der Waals surface area (Å²) in [6.07, 6.45) is 1.81. The second kappa shape index (κ2) is 13.0. The molecule has 3 N–H and O–H groups in total. The summed E-state index contributed by atoms with van der Waals surface area (Å²) in [6.45, 7) is 3.29. The third kappa shape index (κ3) is 6.40. The molecule has 4 amide bonds. The minimum Gasteiger partial charge on any atom is -0.378 e. The number of fused-ring (bicyclic) bond motifs is 1. The first-order valence-electron chi connectivity index (χ1n) is 14.6. The molecule has 2 saturated heterocycles. The van der Waals surface area contributed by atoms with Crippen LogP contribution < -0.4 is 16.0 Å². The van der Waals surface area contributed by atoms with E-state index < -0.39 is 5.54 Å². The number of carbonyl (C=O) groups excluding carboxylic acids is 3. The summed E-state index contributed by atoms with van der Waals surface area (Å²) >= 11 is 16.1. The van der Waals surface area contributed by atoms with Crippen molar-refractivity contribution in [2.24, 2.45) is 0 Å². The van der Waals surface area contributed by atoms with Crippen LogP contribution >= 0.6 is 39.1 Å². The van der Waals surface area contributed by atoms with Crippen molar-refractivity contribution in [2.75, 3.05) is 50.0 Å². The number of likely N-dealkylation sites (tertiary alicyclic amines) is 1. The first kappa shape index (κ1) is 30.7. The summed E-state index contributed by atoms with van der Waals surface area (Å²) in [5.41, 5.74) is 1.76. The second-order valence-corrected chi connectivity index (χ2v) is 13.1. The van der Waals surface area contributed by atoms with Gasteiger partial charge in [0.05, 0.1) is 18.8 Å². The highest BCUT2D eigenvalue weighted by molar-refractivity contribution is 9.10. The number of nitrogens with zero attached hydrogens (tertiary/aromatic N) is 2. The number of amides is 4. The Morgan fingerprint density at radius 3 is 2.59 bits per heavy atom. The van der Waals surface area contributed by atoms with Gasteiger partial charge in [-0.3, -0.25) is 9.59 Å². The highest BCUT2D eigenvalue weighted by Crippen LogP contribution is 2.43. The molecule has 0 aliphatic carbocycles. The van der Waals surface area contributed by atoms with E-state index in [1.165, 1.54) is 0 Å². The van der Waals surface area contributed by atoms with E-state index in [0.29, 0.717) is 71.9 Å². The van der Waals surface area contributed by atoms with E-state index in [1.807, 2.05) is 34.1 Å². The molecule has 2 atom stereocenters. The van der Waals surface area contributed by atoms with Crippen LogP contribution in [0.4, 0.5) is 16.2 Å². The predicted octanol–water partition coefficient (Wildman–Crippen LogP) is 5.90. The van der Waals surface area contributed by atoms with E-state index >= 15 is 0 Å². The van der Waals surface area contributed by atoms with Gasteiger partial charge >= 0.3 is 6.03 Å². The minimum absolute atomic E-state index is 0.0211. The SMILES string of the molecule is O=C(N[C@H]1CCCN(C(=O)N2CCOCC2)C1)c1ccc(Br)cc1NC1(Cc2cccc(Cl)c2)C(=O)Nc2cc(Cl)ccc21. The van der Waals surface area contributed by atoms with Gasteiger partial charge in [-0.15, -0.1) is 0 Å². The average Bonchev–Trinajstić information content (AvgIpc) is 3.26. The largest absolute Gasteiger partial charge is 0.378 e. The van der Waals surface area contributed by atoms with Crippen molar-refractivity contribution in [1.29, 1.82) is 0 Å². The van der Waals surface area contributed by atoms with Gasteiger partial charge in [0.2, 0.25) is 0 Å². The molecule has 0 radical (unpaired) electrons. The highest BCUT2D eigenvalue weighted by Gasteiger charge is 2.47. The van der Waals surface area contributed by atoms with Crippen LogP contribution in [0.1, 0.15) is 34.3 Å². The molecule has 3 aliphatic rings. The number of morpholine rings is 1. The number of anilines is 2. The Bertz CT molecular complexity index is 1600. The number of benzene rings is 3. The molecule has 3 aromatic carbocycles. The fourth-order valence-electron chi connectivity index (χ4n) is 6.17. The summed E-state index contributed by atoms with van der Waals surface area (Å²) in [6, 6.07) is 17.7. The van der Waals surface area contributed by atoms with Crippen molar-refractivity contribution in [3.05, 3.63) is 91.9 Å². The monoisotopic (exact) mass is 699 g/mol. The fraction of sp³-hybridized carbons (Fsp3) is 0.344. The molecular weight excluding hydrogens is 669 g/mol. The lowest BCUT2D eigenvalue weighted by molar-refractivity contribution is -0.119. The maximum atomic E-state index is 13.9. The van der Waals surface area contributed by atoms with Crippen LogP contribution in [0.25, 0.3) is 0 Å². The zero-order valence-corrected chi connectivity index (χ0v) is 27.0. The van der Waals surface area contributed by atoms with Gasteiger partial charge in [0.15, 0.2) is 0 Å². The Morgan fingerprint density at radius 2 is 1.80 bits per heavy atom. The first-order chi connectivity index (χ1) is 21.2. The standard InChI is InChI=1S/C32H32BrCl2N5O4/c33-21-6-8-25(29(41)36-24-5-2-10-40(19-24)31(43)39-11-13-44-14-12-39)27(16-21)38-32(18-20-3-1-4-22(34)15-20)26-9-7-23(35)17-28(26)37-30(32)42/h1,3-4,6-9,15-17,24,38H,2,5,10-14,18-19H2,(H,36,41)(H,37,42)/t24-,32?/m0/s1. The summed E-state index contributed by atoms with van der Waals surface area (Å²) < 4.78 is 6.13. The van der Waals surface area contributed by atoms with Crippen molar-refractivity contribution in [3.63, 3.8) is 0 Å². The number of halogens is 3. The quantitative estimate of drug-likeness (QED) is 0.297. The Balaban J connectivity index is 1.28. The zero-order chi connectivity index (χ0) is 30.8. The Hall–Kier alpha value is -3.31. The van der Waals surface area contributed by atoms with Crippen LogP contribution in [0.5, 0.6) is 0 Å². The molecule has 9 nitrogen and oxygen atoms in total. The summed E-state index contributed by atoms with van der Waals surface area (Å²) in [5, 5.41) is 10.7. The van der Waals surface area contributed by atoms with Gasteiger partial charge in [0.1, 0.15) is 5.54 Å². The molecule has 12 heteroatoms. The summed E-state index contributed by atoms with van der Waals surface area (Å²) in [7, 11) is 0. The van der Waals surface area contributed by atoms with Gasteiger partial charge < -0.3 is 30.5 Å². The Kier molecular flexibility index (Phi) is 9.05. The molecular formula is C32H32BrCl2N5O4. The van der Waals surface area contributed by atoms with E-state index in [1.54, 1.807) is 36.4 Å². The molecule has 6 rings (SSSR count). The van der Waals surface area contributed by atoms with E-state index in [9.17, 15) is 14.4 Å². The highest BCUT2D eigenvalue weighted by atomic mass is 79.9. The number of rotatable bonds is 6. The maximum Gasteiger partial charge on any atom is 0.320 e. The third-order valence-corrected chi connectivity index (χ3v) is 9.28. The molecule has 44 heavy (non-hydrogen) atoms. The smallest absolute Gasteiger partial charge is 0.320 e. The lowest BCUT2D eigenvalue weighted by atomic mass is 9.84. The minimum atomic E-state index is -1.26. The number of hydrogen-bond acceptors (Lipinski definition) is 5. The van der Waals surface area contributed by atoms with E-state index in [4.69, 9.17) is 27.9 Å². The number of urea groups is 1. The van der Waals surface area contributed by atoms with Crippen LogP contribution in [-0.2, 0) is 21.5 Å². The van der Waals surface area contributed by atoms with Crippen molar-refractivity contribution >= 4 is 68.4 Å². The van der Waals surface area contributed by atoms with Gasteiger partial charge in [-0.25, -0.2) is 4.79 Å². The Labute approximate surface area is 274 Å². The van der Waals surface area contributed by atoms with Gasteiger partial charge in [-0.2, -0.15) is 0 Å². The van der Waals surface area contributed by atoms with Crippen molar-refractivity contribution < 1.29 is 19.1 Å². The molecule has 1 unspecified atom stereocenters.